The highest BCUT2D eigenvalue weighted by Crippen LogP contribution is 2.21. The topological polar surface area (TPSA) is 79.0 Å². The van der Waals surface area contributed by atoms with Gasteiger partial charge in [-0.3, -0.25) is 19.4 Å². The molecule has 3 amide bonds. The number of amides is 3. The van der Waals surface area contributed by atoms with E-state index in [0.29, 0.717) is 45.6 Å². The van der Waals surface area contributed by atoms with E-state index in [4.69, 9.17) is 4.74 Å². The first kappa shape index (κ1) is 15.8. The molecular weight excluding hydrogens is 274 g/mol. The van der Waals surface area contributed by atoms with Crippen LogP contribution in [0.3, 0.4) is 0 Å². The van der Waals surface area contributed by atoms with Crippen LogP contribution in [0.1, 0.15) is 26.7 Å². The summed E-state index contributed by atoms with van der Waals surface area (Å²) in [5.41, 5.74) is 0. The van der Waals surface area contributed by atoms with Crippen LogP contribution in [0.25, 0.3) is 0 Å². The fourth-order valence-corrected chi connectivity index (χ4v) is 2.85. The molecule has 0 spiro atoms. The van der Waals surface area contributed by atoms with Gasteiger partial charge < -0.3 is 10.1 Å². The summed E-state index contributed by atoms with van der Waals surface area (Å²) in [5.74, 6) is -0.381. The van der Waals surface area contributed by atoms with Crippen molar-refractivity contribution in [3.63, 3.8) is 0 Å². The fraction of sp³-hybridized carbons (Fsp3) is 0.786. The molecular formula is C14H23N3O4. The van der Waals surface area contributed by atoms with Crippen molar-refractivity contribution >= 4 is 17.9 Å². The average Bonchev–Trinajstić information content (AvgIpc) is 2.92. The zero-order valence-corrected chi connectivity index (χ0v) is 12.6. The van der Waals surface area contributed by atoms with E-state index in [1.807, 2.05) is 11.8 Å². The normalized spacial score (nSPS) is 22.0. The number of rotatable bonds is 4. The Bertz CT molecular complexity index is 418. The first-order valence-corrected chi connectivity index (χ1v) is 7.54. The standard InChI is InChI=1S/C14H23N3O4/c1-3-21-13(19)11-4-7-16(8-5-11)10(2)12(18)17-9-6-15-14(17)20/h10-11H,3-9H2,1-2H3,(H,15,20)/t10-/m1/s1. The molecule has 21 heavy (non-hydrogen) atoms. The van der Waals surface area contributed by atoms with E-state index in [9.17, 15) is 14.4 Å². The Balaban J connectivity index is 1.85. The van der Waals surface area contributed by atoms with Crippen LogP contribution >= 0.6 is 0 Å². The maximum atomic E-state index is 12.3. The molecule has 0 unspecified atom stereocenters. The summed E-state index contributed by atoms with van der Waals surface area (Å²) in [5, 5.41) is 2.63. The van der Waals surface area contributed by atoms with Gasteiger partial charge in [0.2, 0.25) is 5.91 Å². The van der Waals surface area contributed by atoms with E-state index < -0.39 is 0 Å². The molecule has 2 rings (SSSR count). The zero-order valence-electron chi connectivity index (χ0n) is 12.6. The SMILES string of the molecule is CCOC(=O)C1CCN([C@H](C)C(=O)N2CCNC2=O)CC1. The summed E-state index contributed by atoms with van der Waals surface area (Å²) >= 11 is 0. The second-order valence-corrected chi connectivity index (χ2v) is 5.46. The van der Waals surface area contributed by atoms with Crippen molar-refractivity contribution in [1.82, 2.24) is 15.1 Å². The lowest BCUT2D eigenvalue weighted by Gasteiger charge is -2.35. The minimum atomic E-state index is -0.336. The van der Waals surface area contributed by atoms with Crippen LogP contribution in [0.5, 0.6) is 0 Å². The van der Waals surface area contributed by atoms with Crippen molar-refractivity contribution in [2.45, 2.75) is 32.7 Å². The predicted octanol–water partition coefficient (Wildman–Crippen LogP) is 0.202. The van der Waals surface area contributed by atoms with Gasteiger partial charge in [0.15, 0.2) is 0 Å². The molecule has 0 radical (unpaired) electrons. The quantitative estimate of drug-likeness (QED) is 0.750. The number of nitrogens with one attached hydrogen (secondary N) is 1. The first-order chi connectivity index (χ1) is 10.0. The Kier molecular flexibility index (Phi) is 5.17. The van der Waals surface area contributed by atoms with Gasteiger partial charge in [-0.1, -0.05) is 0 Å². The molecule has 1 atom stereocenters. The number of hydrogen-bond donors (Lipinski definition) is 1. The smallest absolute Gasteiger partial charge is 0.324 e. The minimum absolute atomic E-state index is 0.0708. The highest BCUT2D eigenvalue weighted by molar-refractivity contribution is 5.98. The van der Waals surface area contributed by atoms with Crippen molar-refractivity contribution < 1.29 is 19.1 Å². The molecule has 0 bridgehead atoms. The number of esters is 1. The summed E-state index contributed by atoms with van der Waals surface area (Å²) < 4.78 is 5.03. The van der Waals surface area contributed by atoms with Gasteiger partial charge in [-0.05, 0) is 39.8 Å². The predicted molar refractivity (Wildman–Crippen MR) is 75.5 cm³/mol. The Morgan fingerprint density at radius 3 is 2.52 bits per heavy atom. The minimum Gasteiger partial charge on any atom is -0.466 e. The molecule has 0 aliphatic carbocycles. The average molecular weight is 297 g/mol. The lowest BCUT2D eigenvalue weighted by Crippen LogP contribution is -2.51. The number of hydrogen-bond acceptors (Lipinski definition) is 5. The first-order valence-electron chi connectivity index (χ1n) is 7.54. The van der Waals surface area contributed by atoms with Gasteiger partial charge in [0.25, 0.3) is 0 Å². The van der Waals surface area contributed by atoms with Crippen LogP contribution < -0.4 is 5.32 Å². The molecule has 2 heterocycles. The van der Waals surface area contributed by atoms with Crippen LogP contribution in [0, 0.1) is 5.92 Å². The Morgan fingerprint density at radius 2 is 2.00 bits per heavy atom. The summed E-state index contributed by atoms with van der Waals surface area (Å²) in [6.07, 6.45) is 1.39. The lowest BCUT2D eigenvalue weighted by atomic mass is 9.96. The monoisotopic (exact) mass is 297 g/mol. The fourth-order valence-electron chi connectivity index (χ4n) is 2.85. The number of urea groups is 1. The molecule has 2 aliphatic rings. The second-order valence-electron chi connectivity index (χ2n) is 5.46. The summed E-state index contributed by atoms with van der Waals surface area (Å²) in [6, 6.07) is -0.648. The highest BCUT2D eigenvalue weighted by atomic mass is 16.5. The number of nitrogens with zero attached hydrogens (tertiary/aromatic N) is 2. The van der Waals surface area contributed by atoms with E-state index in [1.54, 1.807) is 6.92 Å². The van der Waals surface area contributed by atoms with E-state index in [2.05, 4.69) is 5.32 Å². The van der Waals surface area contributed by atoms with E-state index in [0.717, 1.165) is 0 Å². The van der Waals surface area contributed by atoms with E-state index >= 15 is 0 Å². The zero-order chi connectivity index (χ0) is 15.4. The molecule has 0 aromatic carbocycles. The number of carbonyl (C=O) groups is 3. The van der Waals surface area contributed by atoms with Gasteiger partial charge in [-0.15, -0.1) is 0 Å². The van der Waals surface area contributed by atoms with E-state index in [1.165, 1.54) is 4.90 Å². The van der Waals surface area contributed by atoms with Crippen molar-refractivity contribution in [1.29, 1.82) is 0 Å². The maximum absolute atomic E-state index is 12.3. The van der Waals surface area contributed by atoms with Gasteiger partial charge in [-0.25, -0.2) is 4.79 Å². The molecule has 0 aromatic heterocycles. The van der Waals surface area contributed by atoms with Crippen LogP contribution in [0.4, 0.5) is 4.79 Å². The molecule has 1 N–H and O–H groups in total. The van der Waals surface area contributed by atoms with Crippen LogP contribution in [0.15, 0.2) is 0 Å². The van der Waals surface area contributed by atoms with Crippen LogP contribution in [0.2, 0.25) is 0 Å². The molecule has 2 aliphatic heterocycles. The Labute approximate surface area is 124 Å². The lowest BCUT2D eigenvalue weighted by molar-refractivity contribution is -0.150. The summed E-state index contributed by atoms with van der Waals surface area (Å²) in [4.78, 5) is 38.8. The molecule has 7 heteroatoms. The van der Waals surface area contributed by atoms with Crippen molar-refractivity contribution in [2.24, 2.45) is 5.92 Å². The highest BCUT2D eigenvalue weighted by Gasteiger charge is 2.35. The number of carbonyl (C=O) groups excluding carboxylic acids is 3. The van der Waals surface area contributed by atoms with Crippen molar-refractivity contribution in [3.8, 4) is 0 Å². The van der Waals surface area contributed by atoms with Gasteiger partial charge in [0, 0.05) is 13.1 Å². The number of imide groups is 1. The van der Waals surface area contributed by atoms with Crippen molar-refractivity contribution in [2.75, 3.05) is 32.8 Å². The molecule has 7 nitrogen and oxygen atoms in total. The third kappa shape index (κ3) is 3.53. The third-order valence-corrected chi connectivity index (χ3v) is 4.18. The van der Waals surface area contributed by atoms with Gasteiger partial charge in [0.05, 0.1) is 18.6 Å². The van der Waals surface area contributed by atoms with Gasteiger partial charge in [0.1, 0.15) is 0 Å². The summed E-state index contributed by atoms with van der Waals surface area (Å²) in [7, 11) is 0. The number of ether oxygens (including phenoxy) is 1. The summed E-state index contributed by atoms with van der Waals surface area (Å²) in [6.45, 7) is 6.31. The van der Waals surface area contributed by atoms with Crippen molar-refractivity contribution in [3.05, 3.63) is 0 Å². The number of likely N-dealkylation sites (tertiary alicyclic amines) is 1. The largest absolute Gasteiger partial charge is 0.466 e. The molecule has 2 saturated heterocycles. The van der Waals surface area contributed by atoms with Crippen LogP contribution in [-0.2, 0) is 14.3 Å². The van der Waals surface area contributed by atoms with Crippen LogP contribution in [-0.4, -0.2) is 66.5 Å². The maximum Gasteiger partial charge on any atom is 0.324 e. The molecule has 118 valence electrons. The molecule has 0 aromatic rings. The van der Waals surface area contributed by atoms with Gasteiger partial charge >= 0.3 is 12.0 Å². The molecule has 2 fully saturated rings. The molecule has 0 saturated carbocycles. The number of piperidine rings is 1. The third-order valence-electron chi connectivity index (χ3n) is 4.18. The Hall–Kier alpha value is -1.63. The van der Waals surface area contributed by atoms with E-state index in [-0.39, 0.29) is 29.9 Å². The van der Waals surface area contributed by atoms with Gasteiger partial charge in [-0.2, -0.15) is 0 Å². The Morgan fingerprint density at radius 1 is 1.33 bits per heavy atom. The second kappa shape index (κ2) is 6.89.